The number of rotatable bonds is 2. The van der Waals surface area contributed by atoms with Gasteiger partial charge in [-0.2, -0.15) is 5.26 Å². The van der Waals surface area contributed by atoms with Gasteiger partial charge in [0.2, 0.25) is 0 Å². The third-order valence-electron chi connectivity index (χ3n) is 4.59. The van der Waals surface area contributed by atoms with E-state index in [1.165, 1.54) is 43.2 Å². The predicted molar refractivity (Wildman–Crippen MR) is 80.6 cm³/mol. The van der Waals surface area contributed by atoms with Gasteiger partial charge >= 0.3 is 0 Å². The molecule has 1 aliphatic rings. The fraction of sp³-hybridized carbons (Fsp3) is 0.529. The summed E-state index contributed by atoms with van der Waals surface area (Å²) < 4.78 is 2.14. The first-order chi connectivity index (χ1) is 9.70. The van der Waals surface area contributed by atoms with Gasteiger partial charge < -0.3 is 4.57 Å². The number of nitrogens with zero attached hydrogens (tertiary/aromatic N) is 3. The molecule has 3 rings (SSSR count). The Balaban J connectivity index is 2.15. The fourth-order valence-corrected chi connectivity index (χ4v) is 3.31. The molecule has 0 atom stereocenters. The first-order valence-corrected chi connectivity index (χ1v) is 7.55. The molecule has 0 amide bonds. The molecule has 104 valence electrons. The van der Waals surface area contributed by atoms with Crippen LogP contribution in [0.15, 0.2) is 12.1 Å². The second-order valence-corrected chi connectivity index (χ2v) is 5.97. The molecule has 0 spiro atoms. The summed E-state index contributed by atoms with van der Waals surface area (Å²) in [6.45, 7) is 4.65. The maximum Gasteiger partial charge on any atom is 0.113 e. The lowest BCUT2D eigenvalue weighted by Gasteiger charge is -2.21. The Hall–Kier alpha value is -1.82. The molecular weight excluding hydrogens is 246 g/mol. The van der Waals surface area contributed by atoms with Crippen molar-refractivity contribution in [2.45, 2.75) is 58.4 Å². The lowest BCUT2D eigenvalue weighted by molar-refractivity contribution is 0.421. The Bertz CT molecular complexity index is 670. The van der Waals surface area contributed by atoms with Gasteiger partial charge in [-0.15, -0.1) is 0 Å². The van der Waals surface area contributed by atoms with E-state index in [2.05, 4.69) is 36.6 Å². The molecular formula is C17H21N3. The van der Waals surface area contributed by atoms with Crippen molar-refractivity contribution in [3.63, 3.8) is 0 Å². The largest absolute Gasteiger partial charge is 0.314 e. The maximum absolute atomic E-state index is 9.15. The van der Waals surface area contributed by atoms with Gasteiger partial charge in [-0.3, -0.25) is 0 Å². The van der Waals surface area contributed by atoms with E-state index >= 15 is 0 Å². The van der Waals surface area contributed by atoms with Gasteiger partial charge in [-0.25, -0.2) is 4.98 Å². The molecule has 0 unspecified atom stereocenters. The van der Waals surface area contributed by atoms with E-state index in [0.29, 0.717) is 12.5 Å². The van der Waals surface area contributed by atoms with Gasteiger partial charge in [0.25, 0.3) is 0 Å². The summed E-state index contributed by atoms with van der Waals surface area (Å²) in [6, 6.07) is 6.64. The van der Waals surface area contributed by atoms with Crippen molar-refractivity contribution in [1.82, 2.24) is 9.55 Å². The van der Waals surface area contributed by atoms with Crippen LogP contribution in [0, 0.1) is 25.2 Å². The number of hydrogen-bond acceptors (Lipinski definition) is 2. The Morgan fingerprint density at radius 1 is 1.20 bits per heavy atom. The van der Waals surface area contributed by atoms with Crippen molar-refractivity contribution in [2.24, 2.45) is 0 Å². The molecule has 1 heterocycles. The lowest BCUT2D eigenvalue weighted by Crippen LogP contribution is -2.12. The van der Waals surface area contributed by atoms with Crippen LogP contribution in [0.5, 0.6) is 0 Å². The van der Waals surface area contributed by atoms with E-state index in [-0.39, 0.29) is 0 Å². The van der Waals surface area contributed by atoms with E-state index < -0.39 is 0 Å². The van der Waals surface area contributed by atoms with Crippen LogP contribution >= 0.6 is 0 Å². The second-order valence-electron chi connectivity index (χ2n) is 5.97. The lowest BCUT2D eigenvalue weighted by atomic mass is 9.88. The Kier molecular flexibility index (Phi) is 3.48. The summed E-state index contributed by atoms with van der Waals surface area (Å²) in [5.41, 5.74) is 4.71. The van der Waals surface area contributed by atoms with Crippen molar-refractivity contribution in [3.8, 4) is 6.07 Å². The number of aryl methyl sites for hydroxylation is 2. The van der Waals surface area contributed by atoms with Gasteiger partial charge in [0, 0.05) is 5.92 Å². The molecule has 1 saturated carbocycles. The molecule has 2 aromatic rings. The van der Waals surface area contributed by atoms with Crippen LogP contribution in [-0.4, -0.2) is 9.55 Å². The minimum atomic E-state index is 0.408. The number of nitriles is 1. The number of hydrogen-bond donors (Lipinski definition) is 0. The predicted octanol–water partition coefficient (Wildman–Crippen LogP) is 4.22. The van der Waals surface area contributed by atoms with Gasteiger partial charge in [0.15, 0.2) is 0 Å². The minimum Gasteiger partial charge on any atom is -0.314 e. The van der Waals surface area contributed by atoms with E-state index in [9.17, 15) is 0 Å². The first-order valence-electron chi connectivity index (χ1n) is 7.55. The van der Waals surface area contributed by atoms with E-state index in [1.807, 2.05) is 0 Å². The number of aromatic nitrogens is 2. The molecule has 3 heteroatoms. The van der Waals surface area contributed by atoms with Gasteiger partial charge in [0.05, 0.1) is 17.1 Å². The highest BCUT2D eigenvalue weighted by Gasteiger charge is 2.22. The van der Waals surface area contributed by atoms with E-state index in [4.69, 9.17) is 10.2 Å². The number of imidazole rings is 1. The quantitative estimate of drug-likeness (QED) is 0.817. The highest BCUT2D eigenvalue weighted by atomic mass is 15.1. The molecule has 0 aliphatic heterocycles. The van der Waals surface area contributed by atoms with Crippen LogP contribution in [0.1, 0.15) is 55.0 Å². The highest BCUT2D eigenvalue weighted by molar-refractivity contribution is 5.78. The zero-order chi connectivity index (χ0) is 14.1. The molecule has 0 radical (unpaired) electrons. The molecule has 1 fully saturated rings. The summed E-state index contributed by atoms with van der Waals surface area (Å²) in [4.78, 5) is 4.87. The smallest absolute Gasteiger partial charge is 0.113 e. The van der Waals surface area contributed by atoms with Gasteiger partial charge in [-0.05, 0) is 49.9 Å². The summed E-state index contributed by atoms with van der Waals surface area (Å²) >= 11 is 0. The monoisotopic (exact) mass is 267 g/mol. The zero-order valence-electron chi connectivity index (χ0n) is 12.3. The van der Waals surface area contributed by atoms with Crippen LogP contribution in [0.25, 0.3) is 11.0 Å². The highest BCUT2D eigenvalue weighted by Crippen LogP contribution is 2.34. The summed E-state index contributed by atoms with van der Waals surface area (Å²) in [7, 11) is 0. The third kappa shape index (κ3) is 2.20. The van der Waals surface area contributed by atoms with Crippen molar-refractivity contribution in [1.29, 1.82) is 5.26 Å². The molecule has 1 aromatic heterocycles. The van der Waals surface area contributed by atoms with E-state index in [1.54, 1.807) is 0 Å². The zero-order valence-corrected chi connectivity index (χ0v) is 12.3. The Morgan fingerprint density at radius 2 is 1.90 bits per heavy atom. The van der Waals surface area contributed by atoms with Crippen molar-refractivity contribution in [2.75, 3.05) is 0 Å². The minimum absolute atomic E-state index is 0.408. The molecule has 20 heavy (non-hydrogen) atoms. The number of benzene rings is 1. The third-order valence-corrected chi connectivity index (χ3v) is 4.59. The van der Waals surface area contributed by atoms with Crippen molar-refractivity contribution >= 4 is 11.0 Å². The van der Waals surface area contributed by atoms with Gasteiger partial charge in [-0.1, -0.05) is 19.3 Å². The summed E-state index contributed by atoms with van der Waals surface area (Å²) in [6.07, 6.45) is 6.35. The molecule has 3 nitrogen and oxygen atoms in total. The first kappa shape index (κ1) is 13.2. The number of fused-ring (bicyclic) bond motifs is 1. The van der Waals surface area contributed by atoms with Crippen LogP contribution < -0.4 is 0 Å². The molecule has 0 bridgehead atoms. The molecule has 0 N–H and O–H groups in total. The Morgan fingerprint density at radius 3 is 2.60 bits per heavy atom. The topological polar surface area (TPSA) is 41.6 Å². The fourth-order valence-electron chi connectivity index (χ4n) is 3.31. The summed E-state index contributed by atoms with van der Waals surface area (Å²) in [5.74, 6) is 1.66. The van der Waals surface area contributed by atoms with Gasteiger partial charge in [0.1, 0.15) is 12.4 Å². The van der Waals surface area contributed by atoms with Crippen LogP contribution in [0.3, 0.4) is 0 Å². The normalized spacial score (nSPS) is 16.4. The second kappa shape index (κ2) is 5.28. The average molecular weight is 267 g/mol. The summed E-state index contributed by atoms with van der Waals surface area (Å²) in [5, 5.41) is 9.15. The standard InChI is InChI=1S/C17H21N3/c1-12-10-15-16(11-13(12)2)20(9-8-18)17(19-15)14-6-4-3-5-7-14/h10-11,14H,3-7,9H2,1-2H3. The molecule has 1 aromatic carbocycles. The van der Waals surface area contributed by atoms with Crippen molar-refractivity contribution in [3.05, 3.63) is 29.1 Å². The van der Waals surface area contributed by atoms with E-state index in [0.717, 1.165) is 16.9 Å². The average Bonchev–Trinajstić information content (AvgIpc) is 2.79. The molecule has 0 saturated heterocycles. The van der Waals surface area contributed by atoms with Crippen molar-refractivity contribution < 1.29 is 0 Å². The Labute approximate surface area is 120 Å². The van der Waals surface area contributed by atoms with Crippen LogP contribution in [0.4, 0.5) is 0 Å². The molecule has 1 aliphatic carbocycles. The SMILES string of the molecule is Cc1cc2nc(C3CCCCC3)n(CC#N)c2cc1C. The van der Waals surface area contributed by atoms with Crippen LogP contribution in [0.2, 0.25) is 0 Å². The van der Waals surface area contributed by atoms with Crippen LogP contribution in [-0.2, 0) is 6.54 Å². The maximum atomic E-state index is 9.15.